The van der Waals surface area contributed by atoms with Crippen LogP contribution in [0.3, 0.4) is 0 Å². The smallest absolute Gasteiger partial charge is 0.348 e. The van der Waals surface area contributed by atoms with Gasteiger partial charge in [0.25, 0.3) is 0 Å². The van der Waals surface area contributed by atoms with Gasteiger partial charge >= 0.3 is 11.9 Å². The zero-order valence-electron chi connectivity index (χ0n) is 7.70. The number of methoxy groups -OCH3 is 1. The fourth-order valence-corrected chi connectivity index (χ4v) is 0.183. The van der Waals surface area contributed by atoms with E-state index in [4.69, 9.17) is 5.41 Å². The summed E-state index contributed by atoms with van der Waals surface area (Å²) in [5, 5.41) is 6.35. The molecule has 0 atom stereocenters. The molecule has 0 bridgehead atoms. The van der Waals surface area contributed by atoms with Crippen LogP contribution >= 0.6 is 0 Å². The lowest BCUT2D eigenvalue weighted by molar-refractivity contribution is -0.138. The van der Waals surface area contributed by atoms with Gasteiger partial charge in [0.15, 0.2) is 0 Å². The lowest BCUT2D eigenvalue weighted by Gasteiger charge is -1.91. The Bertz CT molecular complexity index is 189. The van der Waals surface area contributed by atoms with Gasteiger partial charge in [0.05, 0.1) is 7.11 Å². The Labute approximate surface area is 76.8 Å². The molecule has 0 aromatic rings. The second-order valence-corrected chi connectivity index (χ2v) is 1.76. The molecule has 5 heteroatoms. The van der Waals surface area contributed by atoms with Gasteiger partial charge in [-0.1, -0.05) is 12.7 Å². The molecule has 0 aliphatic heterocycles. The van der Waals surface area contributed by atoms with Crippen LogP contribution in [0.2, 0.25) is 0 Å². The normalized spacial score (nSPS) is 7.23. The summed E-state index contributed by atoms with van der Waals surface area (Å²) in [5.41, 5.74) is 0. The Morgan fingerprint density at radius 2 is 2.00 bits per heavy atom. The monoisotopic (exact) mass is 187 g/mol. The van der Waals surface area contributed by atoms with E-state index in [-0.39, 0.29) is 12.6 Å². The van der Waals surface area contributed by atoms with E-state index in [1.807, 2.05) is 0 Å². The standard InChI is InChI=1S/C5H7NO2.C3H6O2/c1-2-3-8-5(7)4-6;1-3(4)5-2/h2,4,6H,1,3H2;1-2H3. The van der Waals surface area contributed by atoms with Crippen molar-refractivity contribution in [3.8, 4) is 0 Å². The fraction of sp³-hybridized carbons (Fsp3) is 0.375. The zero-order valence-corrected chi connectivity index (χ0v) is 7.70. The predicted octanol–water partition coefficient (Wildman–Crippen LogP) is 0.544. The molecule has 0 spiro atoms. The Hall–Kier alpha value is -1.65. The highest BCUT2D eigenvalue weighted by molar-refractivity contribution is 6.21. The van der Waals surface area contributed by atoms with Crippen LogP contribution in [0.15, 0.2) is 12.7 Å². The highest BCUT2D eigenvalue weighted by Gasteiger charge is 1.89. The number of hydrogen-bond acceptors (Lipinski definition) is 5. The Kier molecular flexibility index (Phi) is 11.1. The van der Waals surface area contributed by atoms with Crippen molar-refractivity contribution in [3.05, 3.63) is 12.7 Å². The molecule has 5 nitrogen and oxygen atoms in total. The molecule has 0 aliphatic carbocycles. The molecular weight excluding hydrogens is 174 g/mol. The minimum absolute atomic E-state index is 0.175. The van der Waals surface area contributed by atoms with Gasteiger partial charge in [-0.2, -0.15) is 0 Å². The van der Waals surface area contributed by atoms with E-state index >= 15 is 0 Å². The predicted molar refractivity (Wildman–Crippen MR) is 47.6 cm³/mol. The summed E-state index contributed by atoms with van der Waals surface area (Å²) in [6.07, 6.45) is 2.06. The second kappa shape index (κ2) is 10.3. The lowest BCUT2D eigenvalue weighted by atomic mass is 10.7. The average molecular weight is 187 g/mol. The van der Waals surface area contributed by atoms with Crippen LogP contribution in [0.5, 0.6) is 0 Å². The lowest BCUT2D eigenvalue weighted by Crippen LogP contribution is -2.03. The first kappa shape index (κ1) is 13.9. The van der Waals surface area contributed by atoms with Crippen molar-refractivity contribution in [1.29, 1.82) is 5.41 Å². The maximum absolute atomic E-state index is 10.1. The van der Waals surface area contributed by atoms with E-state index in [0.717, 1.165) is 0 Å². The zero-order chi connectivity index (χ0) is 10.7. The fourth-order valence-electron chi connectivity index (χ4n) is 0.183. The van der Waals surface area contributed by atoms with Crippen LogP contribution < -0.4 is 0 Å². The van der Waals surface area contributed by atoms with Gasteiger partial charge in [0.2, 0.25) is 0 Å². The third kappa shape index (κ3) is 17.9. The number of rotatable bonds is 3. The molecule has 0 aromatic carbocycles. The Morgan fingerprint density at radius 3 is 2.23 bits per heavy atom. The van der Waals surface area contributed by atoms with Gasteiger partial charge in [-0.15, -0.1) is 0 Å². The van der Waals surface area contributed by atoms with Crippen LogP contribution in [0.1, 0.15) is 6.92 Å². The molecule has 0 radical (unpaired) electrons. The maximum Gasteiger partial charge on any atom is 0.348 e. The van der Waals surface area contributed by atoms with Crippen molar-refractivity contribution in [2.24, 2.45) is 0 Å². The van der Waals surface area contributed by atoms with Gasteiger partial charge in [0.1, 0.15) is 12.8 Å². The highest BCUT2D eigenvalue weighted by Crippen LogP contribution is 1.72. The van der Waals surface area contributed by atoms with Gasteiger partial charge in [-0.3, -0.25) is 4.79 Å². The van der Waals surface area contributed by atoms with Crippen molar-refractivity contribution < 1.29 is 19.1 Å². The number of ether oxygens (including phenoxy) is 2. The summed E-state index contributed by atoms with van der Waals surface area (Å²) in [5.74, 6) is -0.880. The van der Waals surface area contributed by atoms with E-state index in [1.54, 1.807) is 0 Å². The maximum atomic E-state index is 10.1. The first-order valence-electron chi connectivity index (χ1n) is 3.41. The molecule has 0 saturated carbocycles. The molecule has 0 heterocycles. The number of hydrogen-bond donors (Lipinski definition) is 1. The molecule has 1 N–H and O–H groups in total. The van der Waals surface area contributed by atoms with Crippen molar-refractivity contribution in [1.82, 2.24) is 0 Å². The van der Waals surface area contributed by atoms with Crippen molar-refractivity contribution in [2.45, 2.75) is 6.92 Å². The summed E-state index contributed by atoms with van der Waals surface area (Å²) in [7, 11) is 1.35. The van der Waals surface area contributed by atoms with Crippen molar-refractivity contribution in [3.63, 3.8) is 0 Å². The average Bonchev–Trinajstić information content (AvgIpc) is 2.15. The summed E-state index contributed by atoms with van der Waals surface area (Å²) < 4.78 is 8.45. The molecule has 0 aliphatic rings. The number of esters is 2. The van der Waals surface area contributed by atoms with Gasteiger partial charge < -0.3 is 14.9 Å². The van der Waals surface area contributed by atoms with Crippen molar-refractivity contribution in [2.75, 3.05) is 13.7 Å². The van der Waals surface area contributed by atoms with Gasteiger partial charge in [-0.05, 0) is 0 Å². The molecular formula is C8H13NO4. The minimum atomic E-state index is -0.634. The molecule has 0 amide bonds. The first-order valence-corrected chi connectivity index (χ1v) is 3.41. The molecule has 13 heavy (non-hydrogen) atoms. The van der Waals surface area contributed by atoms with Crippen LogP contribution in [0.25, 0.3) is 0 Å². The van der Waals surface area contributed by atoms with Crippen LogP contribution in [0.4, 0.5) is 0 Å². The summed E-state index contributed by atoms with van der Waals surface area (Å²) in [6.45, 7) is 4.85. The molecule has 0 fully saturated rings. The molecule has 0 unspecified atom stereocenters. The highest BCUT2D eigenvalue weighted by atomic mass is 16.5. The SMILES string of the molecule is C=CCOC(=O)C=N.COC(C)=O. The third-order valence-electron chi connectivity index (χ3n) is 0.749. The van der Waals surface area contributed by atoms with Crippen LogP contribution in [-0.4, -0.2) is 31.9 Å². The summed E-state index contributed by atoms with van der Waals surface area (Å²) in [6, 6.07) is 0. The third-order valence-corrected chi connectivity index (χ3v) is 0.749. The second-order valence-electron chi connectivity index (χ2n) is 1.76. The Morgan fingerprint density at radius 1 is 1.54 bits per heavy atom. The van der Waals surface area contributed by atoms with E-state index in [2.05, 4.69) is 16.1 Å². The van der Waals surface area contributed by atoms with E-state index in [1.165, 1.54) is 20.1 Å². The van der Waals surface area contributed by atoms with E-state index < -0.39 is 5.97 Å². The molecule has 0 aromatic heterocycles. The molecule has 0 saturated heterocycles. The quantitative estimate of drug-likeness (QED) is 0.397. The van der Waals surface area contributed by atoms with Gasteiger partial charge in [-0.25, -0.2) is 4.79 Å². The number of carbonyl (C=O) groups is 2. The first-order chi connectivity index (χ1) is 6.08. The topological polar surface area (TPSA) is 76.5 Å². The molecule has 74 valence electrons. The number of carbonyl (C=O) groups excluding carboxylic acids is 2. The Balaban J connectivity index is 0. The summed E-state index contributed by atoms with van der Waals surface area (Å²) in [4.78, 5) is 19.6. The van der Waals surface area contributed by atoms with Gasteiger partial charge in [0, 0.05) is 6.92 Å². The van der Waals surface area contributed by atoms with Crippen LogP contribution in [0, 0.1) is 5.41 Å². The largest absolute Gasteiger partial charge is 0.469 e. The van der Waals surface area contributed by atoms with Crippen molar-refractivity contribution >= 4 is 18.2 Å². The van der Waals surface area contributed by atoms with E-state index in [9.17, 15) is 9.59 Å². The molecule has 0 rings (SSSR count). The van der Waals surface area contributed by atoms with Crippen LogP contribution in [-0.2, 0) is 19.1 Å². The number of nitrogens with one attached hydrogen (secondary N) is 1. The minimum Gasteiger partial charge on any atom is -0.469 e. The van der Waals surface area contributed by atoms with E-state index in [0.29, 0.717) is 6.21 Å². The summed E-state index contributed by atoms with van der Waals surface area (Å²) >= 11 is 0.